The van der Waals surface area contributed by atoms with E-state index in [2.05, 4.69) is 34.9 Å². The highest BCUT2D eigenvalue weighted by atomic mass is 16.5. The van der Waals surface area contributed by atoms with Gasteiger partial charge in [-0.1, -0.05) is 24.3 Å². The third-order valence-electron chi connectivity index (χ3n) is 5.01. The van der Waals surface area contributed by atoms with Crippen molar-refractivity contribution in [2.45, 2.75) is 30.9 Å². The molecule has 2 fully saturated rings. The van der Waals surface area contributed by atoms with Gasteiger partial charge in [-0.25, -0.2) is 0 Å². The van der Waals surface area contributed by atoms with Crippen molar-refractivity contribution in [1.82, 2.24) is 10.6 Å². The van der Waals surface area contributed by atoms with Crippen molar-refractivity contribution in [2.75, 3.05) is 26.2 Å². The van der Waals surface area contributed by atoms with Gasteiger partial charge in [0, 0.05) is 38.2 Å². The molecule has 3 aliphatic rings. The van der Waals surface area contributed by atoms with Gasteiger partial charge in [0.15, 0.2) is 0 Å². The van der Waals surface area contributed by atoms with Gasteiger partial charge in [-0.15, -0.1) is 0 Å². The molecule has 0 radical (unpaired) electrons. The summed E-state index contributed by atoms with van der Waals surface area (Å²) in [6.45, 7) is 4.23. The molecule has 1 aliphatic carbocycles. The molecule has 4 atom stereocenters. The lowest BCUT2D eigenvalue weighted by atomic mass is 9.94. The maximum Gasteiger partial charge on any atom is 0.0700 e. The predicted molar refractivity (Wildman–Crippen MR) is 75.3 cm³/mol. The molecule has 3 heteroatoms. The van der Waals surface area contributed by atoms with E-state index < -0.39 is 0 Å². The number of fused-ring (bicyclic) bond motifs is 3. The van der Waals surface area contributed by atoms with Crippen molar-refractivity contribution in [3.05, 3.63) is 35.4 Å². The molecule has 2 saturated heterocycles. The normalized spacial score (nSPS) is 36.4. The standard InChI is InChI=1S/C16H22N2O/c1-2-6-13-12(5-1)14-9-17-10-15(14)16(13)18-8-11-4-3-7-19-11/h1-2,5-6,11,14-18H,3-4,7-10H2/t11-,14+,15+,16+/m1/s1. The maximum atomic E-state index is 5.73. The number of rotatable bonds is 3. The Morgan fingerprint density at radius 2 is 2.11 bits per heavy atom. The largest absolute Gasteiger partial charge is 0.377 e. The highest BCUT2D eigenvalue weighted by Gasteiger charge is 2.42. The van der Waals surface area contributed by atoms with E-state index in [-0.39, 0.29) is 0 Å². The molecule has 2 heterocycles. The summed E-state index contributed by atoms with van der Waals surface area (Å²) in [5.74, 6) is 1.43. The van der Waals surface area contributed by atoms with E-state index in [4.69, 9.17) is 4.74 Å². The van der Waals surface area contributed by atoms with Crippen molar-refractivity contribution in [1.29, 1.82) is 0 Å². The smallest absolute Gasteiger partial charge is 0.0700 e. The number of ether oxygens (including phenoxy) is 1. The van der Waals surface area contributed by atoms with E-state index in [1.54, 1.807) is 5.56 Å². The summed E-state index contributed by atoms with van der Waals surface area (Å²) in [6, 6.07) is 9.49. The Bertz CT molecular complexity index is 456. The van der Waals surface area contributed by atoms with Crippen LogP contribution in [0.1, 0.15) is 35.9 Å². The quantitative estimate of drug-likeness (QED) is 0.867. The number of hydrogen-bond acceptors (Lipinski definition) is 3. The minimum absolute atomic E-state index is 0.431. The molecule has 0 aromatic heterocycles. The molecule has 3 nitrogen and oxygen atoms in total. The minimum atomic E-state index is 0.431. The molecule has 0 amide bonds. The molecule has 2 N–H and O–H groups in total. The fraction of sp³-hybridized carbons (Fsp3) is 0.625. The Kier molecular flexibility index (Phi) is 3.06. The van der Waals surface area contributed by atoms with E-state index in [1.165, 1.54) is 18.4 Å². The van der Waals surface area contributed by atoms with Gasteiger partial charge in [-0.05, 0) is 29.9 Å². The van der Waals surface area contributed by atoms with Gasteiger partial charge in [0.05, 0.1) is 6.10 Å². The molecule has 0 unspecified atom stereocenters. The average molecular weight is 258 g/mol. The number of benzene rings is 1. The number of nitrogens with one attached hydrogen (secondary N) is 2. The molecule has 0 bridgehead atoms. The summed E-state index contributed by atoms with van der Waals surface area (Å²) in [6.07, 6.45) is 2.87. The first-order valence-electron chi connectivity index (χ1n) is 7.58. The highest BCUT2D eigenvalue weighted by Crippen LogP contribution is 2.46. The fourth-order valence-electron chi connectivity index (χ4n) is 4.08. The summed E-state index contributed by atoms with van der Waals surface area (Å²) < 4.78 is 5.73. The number of hydrogen-bond donors (Lipinski definition) is 2. The van der Waals surface area contributed by atoms with E-state index in [0.29, 0.717) is 18.1 Å². The van der Waals surface area contributed by atoms with Crippen molar-refractivity contribution >= 4 is 0 Å². The Balaban J connectivity index is 1.53. The monoisotopic (exact) mass is 258 g/mol. The molecule has 1 aromatic rings. The highest BCUT2D eigenvalue weighted by molar-refractivity contribution is 5.41. The van der Waals surface area contributed by atoms with Crippen molar-refractivity contribution in [2.24, 2.45) is 5.92 Å². The van der Waals surface area contributed by atoms with Crippen LogP contribution < -0.4 is 10.6 Å². The molecule has 1 aromatic carbocycles. The van der Waals surface area contributed by atoms with Crippen LogP contribution in [0.3, 0.4) is 0 Å². The summed E-state index contributed by atoms with van der Waals surface area (Å²) in [5, 5.41) is 7.34. The Hall–Kier alpha value is -0.900. The van der Waals surface area contributed by atoms with Crippen LogP contribution in [0.25, 0.3) is 0 Å². The first-order valence-corrected chi connectivity index (χ1v) is 7.58. The zero-order chi connectivity index (χ0) is 12.7. The van der Waals surface area contributed by atoms with E-state index in [0.717, 1.165) is 32.2 Å². The van der Waals surface area contributed by atoms with Crippen LogP contribution in [0.2, 0.25) is 0 Å². The summed E-state index contributed by atoms with van der Waals surface area (Å²) in [4.78, 5) is 0. The molecular formula is C16H22N2O. The molecule has 4 rings (SSSR count). The maximum absolute atomic E-state index is 5.73. The van der Waals surface area contributed by atoms with Crippen LogP contribution >= 0.6 is 0 Å². The molecular weight excluding hydrogens is 236 g/mol. The second kappa shape index (κ2) is 4.89. The van der Waals surface area contributed by atoms with Crippen LogP contribution in [-0.4, -0.2) is 32.3 Å². The summed E-state index contributed by atoms with van der Waals surface area (Å²) in [7, 11) is 0. The van der Waals surface area contributed by atoms with Crippen LogP contribution in [0.15, 0.2) is 24.3 Å². The second-order valence-corrected chi connectivity index (χ2v) is 6.08. The van der Waals surface area contributed by atoms with Gasteiger partial charge in [0.2, 0.25) is 0 Å². The zero-order valence-electron chi connectivity index (χ0n) is 11.3. The molecule has 0 spiro atoms. The van der Waals surface area contributed by atoms with Crippen LogP contribution in [-0.2, 0) is 4.74 Å². The third-order valence-corrected chi connectivity index (χ3v) is 5.01. The lowest BCUT2D eigenvalue weighted by Crippen LogP contribution is -2.33. The van der Waals surface area contributed by atoms with Crippen LogP contribution in [0, 0.1) is 5.92 Å². The fourth-order valence-corrected chi connectivity index (χ4v) is 4.08. The van der Waals surface area contributed by atoms with Gasteiger partial charge in [0.1, 0.15) is 0 Å². The lowest BCUT2D eigenvalue weighted by Gasteiger charge is -2.22. The van der Waals surface area contributed by atoms with Gasteiger partial charge >= 0.3 is 0 Å². The van der Waals surface area contributed by atoms with Gasteiger partial charge < -0.3 is 15.4 Å². The SMILES string of the molecule is c1ccc2c(c1)[C@@H]1CNC[C@@H]1[C@H]2NC[C@H]1CCCO1. The van der Waals surface area contributed by atoms with Gasteiger partial charge in [0.25, 0.3) is 0 Å². The third kappa shape index (κ3) is 2.00. The van der Waals surface area contributed by atoms with Crippen molar-refractivity contribution < 1.29 is 4.74 Å². The Labute approximate surface area is 114 Å². The predicted octanol–water partition coefficient (Wildman–Crippen LogP) is 1.81. The van der Waals surface area contributed by atoms with Gasteiger partial charge in [-0.3, -0.25) is 0 Å². The lowest BCUT2D eigenvalue weighted by molar-refractivity contribution is 0.105. The molecule has 19 heavy (non-hydrogen) atoms. The van der Waals surface area contributed by atoms with E-state index in [1.807, 2.05) is 0 Å². The minimum Gasteiger partial charge on any atom is -0.377 e. The Morgan fingerprint density at radius 3 is 2.95 bits per heavy atom. The average Bonchev–Trinajstić information content (AvgIpc) is 3.14. The molecule has 0 saturated carbocycles. The summed E-state index contributed by atoms with van der Waals surface area (Å²) in [5.41, 5.74) is 3.08. The van der Waals surface area contributed by atoms with Crippen LogP contribution in [0.4, 0.5) is 0 Å². The zero-order valence-corrected chi connectivity index (χ0v) is 11.3. The van der Waals surface area contributed by atoms with Crippen molar-refractivity contribution in [3.8, 4) is 0 Å². The topological polar surface area (TPSA) is 33.3 Å². The van der Waals surface area contributed by atoms with Crippen LogP contribution in [0.5, 0.6) is 0 Å². The first kappa shape index (κ1) is 11.9. The van der Waals surface area contributed by atoms with Gasteiger partial charge in [-0.2, -0.15) is 0 Å². The molecule has 102 valence electrons. The summed E-state index contributed by atoms with van der Waals surface area (Å²) >= 11 is 0. The van der Waals surface area contributed by atoms with Crippen molar-refractivity contribution in [3.63, 3.8) is 0 Å². The van der Waals surface area contributed by atoms with E-state index >= 15 is 0 Å². The molecule has 2 aliphatic heterocycles. The first-order chi connectivity index (χ1) is 9.43. The second-order valence-electron chi connectivity index (χ2n) is 6.08. The Morgan fingerprint density at radius 1 is 1.21 bits per heavy atom. The van der Waals surface area contributed by atoms with E-state index in [9.17, 15) is 0 Å².